The third kappa shape index (κ3) is 7.64. The summed E-state index contributed by atoms with van der Waals surface area (Å²) >= 11 is 2.97. The molecule has 6 nitrogen and oxygen atoms in total. The van der Waals surface area contributed by atoms with Gasteiger partial charge in [-0.05, 0) is 42.0 Å². The first-order valence-corrected chi connectivity index (χ1v) is 9.81. The zero-order valence-electron chi connectivity index (χ0n) is 15.4. The smallest absolute Gasteiger partial charge is 0.328 e. The van der Waals surface area contributed by atoms with Crippen molar-refractivity contribution in [1.82, 2.24) is 10.6 Å². The summed E-state index contributed by atoms with van der Waals surface area (Å²) < 4.78 is 0. The van der Waals surface area contributed by atoms with Gasteiger partial charge in [0.15, 0.2) is 0 Å². The van der Waals surface area contributed by atoms with Gasteiger partial charge in [-0.1, -0.05) is 58.1 Å². The van der Waals surface area contributed by atoms with Crippen LogP contribution in [0.2, 0.25) is 0 Å². The predicted octanol–water partition coefficient (Wildman–Crippen LogP) is 2.45. The SMILES string of the molecule is O=C(CBr)NC[C@H](NC(=O)c1ccc(C#C/C=C/c2ccccc2)cc1)C(=O)O. The molecule has 0 saturated heterocycles. The van der Waals surface area contributed by atoms with Crippen molar-refractivity contribution in [2.24, 2.45) is 0 Å². The van der Waals surface area contributed by atoms with Gasteiger partial charge in [-0.2, -0.15) is 0 Å². The van der Waals surface area contributed by atoms with E-state index < -0.39 is 17.9 Å². The highest BCUT2D eigenvalue weighted by Crippen LogP contribution is 2.05. The van der Waals surface area contributed by atoms with Gasteiger partial charge in [0.25, 0.3) is 5.91 Å². The Hall–Kier alpha value is -3.37. The molecule has 3 N–H and O–H groups in total. The molecule has 0 unspecified atom stereocenters. The van der Waals surface area contributed by atoms with Crippen molar-refractivity contribution in [2.75, 3.05) is 11.9 Å². The molecule has 0 aliphatic rings. The van der Waals surface area contributed by atoms with Crippen LogP contribution in [0.15, 0.2) is 60.7 Å². The zero-order chi connectivity index (χ0) is 21.1. The number of carbonyl (C=O) groups is 3. The number of amides is 2. The summed E-state index contributed by atoms with van der Waals surface area (Å²) in [5, 5.41) is 14.1. The van der Waals surface area contributed by atoms with Gasteiger partial charge in [0.05, 0.1) is 5.33 Å². The molecule has 0 heterocycles. The lowest BCUT2D eigenvalue weighted by Gasteiger charge is -2.15. The minimum atomic E-state index is -1.24. The summed E-state index contributed by atoms with van der Waals surface area (Å²) in [6, 6.07) is 15.0. The topological polar surface area (TPSA) is 95.5 Å². The lowest BCUT2D eigenvalue weighted by Crippen LogP contribution is -2.48. The molecule has 0 radical (unpaired) electrons. The van der Waals surface area contributed by atoms with Crippen LogP contribution in [0.3, 0.4) is 0 Å². The molecular formula is C22H19BrN2O4. The summed E-state index contributed by atoms with van der Waals surface area (Å²) in [6.45, 7) is -0.206. The van der Waals surface area contributed by atoms with Crippen molar-refractivity contribution in [3.8, 4) is 11.8 Å². The van der Waals surface area contributed by atoms with Crippen molar-refractivity contribution >= 4 is 39.8 Å². The van der Waals surface area contributed by atoms with E-state index >= 15 is 0 Å². The molecule has 2 aromatic carbocycles. The van der Waals surface area contributed by atoms with E-state index in [9.17, 15) is 19.5 Å². The molecule has 2 aromatic rings. The first-order chi connectivity index (χ1) is 14.0. The molecule has 0 aliphatic heterocycles. The molecule has 0 aliphatic carbocycles. The fourth-order valence-electron chi connectivity index (χ4n) is 2.24. The molecule has 0 saturated carbocycles. The van der Waals surface area contributed by atoms with Crippen LogP contribution in [0, 0.1) is 11.8 Å². The van der Waals surface area contributed by atoms with E-state index in [-0.39, 0.29) is 17.8 Å². The molecule has 0 spiro atoms. The van der Waals surface area contributed by atoms with Crippen LogP contribution in [0.25, 0.3) is 6.08 Å². The Morgan fingerprint density at radius 1 is 1.07 bits per heavy atom. The van der Waals surface area contributed by atoms with Crippen LogP contribution in [-0.4, -0.2) is 40.8 Å². The summed E-state index contributed by atoms with van der Waals surface area (Å²) in [6.07, 6.45) is 3.64. The Labute approximate surface area is 177 Å². The number of rotatable bonds is 7. The molecule has 1 atom stereocenters. The number of allylic oxidation sites excluding steroid dienone is 1. The number of nitrogens with one attached hydrogen (secondary N) is 2. The van der Waals surface area contributed by atoms with Gasteiger partial charge in [-0.25, -0.2) is 4.79 Å². The van der Waals surface area contributed by atoms with Crippen LogP contribution < -0.4 is 10.6 Å². The number of hydrogen-bond acceptors (Lipinski definition) is 3. The van der Waals surface area contributed by atoms with Crippen molar-refractivity contribution in [3.63, 3.8) is 0 Å². The molecular weight excluding hydrogens is 436 g/mol. The summed E-state index contributed by atoms with van der Waals surface area (Å²) in [5.41, 5.74) is 2.07. The minimum Gasteiger partial charge on any atom is -0.480 e. The third-order valence-electron chi connectivity index (χ3n) is 3.75. The Morgan fingerprint density at radius 2 is 1.76 bits per heavy atom. The van der Waals surface area contributed by atoms with E-state index in [0.717, 1.165) is 11.1 Å². The van der Waals surface area contributed by atoms with Gasteiger partial charge >= 0.3 is 5.97 Å². The van der Waals surface area contributed by atoms with Gasteiger partial charge in [0.2, 0.25) is 5.91 Å². The number of benzene rings is 2. The molecule has 0 aromatic heterocycles. The number of aliphatic carboxylic acids is 1. The van der Waals surface area contributed by atoms with E-state index in [2.05, 4.69) is 38.4 Å². The molecule has 7 heteroatoms. The second kappa shape index (κ2) is 11.5. The second-order valence-corrected chi connectivity index (χ2v) is 6.45. The van der Waals surface area contributed by atoms with E-state index in [1.807, 2.05) is 36.4 Å². The average molecular weight is 455 g/mol. The molecule has 29 heavy (non-hydrogen) atoms. The lowest BCUT2D eigenvalue weighted by atomic mass is 10.1. The van der Waals surface area contributed by atoms with Crippen LogP contribution in [0.4, 0.5) is 0 Å². The fraction of sp³-hybridized carbons (Fsp3) is 0.136. The predicted molar refractivity (Wildman–Crippen MR) is 114 cm³/mol. The van der Waals surface area contributed by atoms with Crippen LogP contribution in [0.1, 0.15) is 21.5 Å². The van der Waals surface area contributed by atoms with Crippen LogP contribution in [-0.2, 0) is 9.59 Å². The highest BCUT2D eigenvalue weighted by molar-refractivity contribution is 9.09. The molecule has 148 valence electrons. The maximum Gasteiger partial charge on any atom is 0.328 e. The van der Waals surface area contributed by atoms with Gasteiger partial charge < -0.3 is 15.7 Å². The lowest BCUT2D eigenvalue weighted by molar-refractivity contribution is -0.139. The molecule has 2 amide bonds. The monoisotopic (exact) mass is 454 g/mol. The standard InChI is InChI=1S/C22H19BrN2O4/c23-14-20(26)24-15-19(22(28)29)25-21(27)18-12-10-17(11-13-18)9-5-4-8-16-6-2-1-3-7-16/h1-4,6-8,10-13,19H,14-15H2,(H,24,26)(H,25,27)(H,28,29)/b8-4+/t19-/m0/s1. The minimum absolute atomic E-state index is 0.0519. The summed E-state index contributed by atoms with van der Waals surface area (Å²) in [7, 11) is 0. The Kier molecular flexibility index (Phi) is 8.67. The zero-order valence-corrected chi connectivity index (χ0v) is 17.0. The highest BCUT2D eigenvalue weighted by atomic mass is 79.9. The second-order valence-electron chi connectivity index (χ2n) is 5.89. The largest absolute Gasteiger partial charge is 0.480 e. The number of alkyl halides is 1. The van der Waals surface area contributed by atoms with Gasteiger partial charge in [0.1, 0.15) is 6.04 Å². The van der Waals surface area contributed by atoms with Gasteiger partial charge in [-0.15, -0.1) is 0 Å². The maximum absolute atomic E-state index is 12.3. The van der Waals surface area contributed by atoms with Crippen molar-refractivity contribution in [1.29, 1.82) is 0 Å². The van der Waals surface area contributed by atoms with Crippen LogP contribution in [0.5, 0.6) is 0 Å². The Morgan fingerprint density at radius 3 is 2.38 bits per heavy atom. The normalized spacial score (nSPS) is 11.2. The average Bonchev–Trinajstić information content (AvgIpc) is 2.74. The first-order valence-electron chi connectivity index (χ1n) is 8.69. The summed E-state index contributed by atoms with van der Waals surface area (Å²) in [4.78, 5) is 34.8. The van der Waals surface area contributed by atoms with Crippen molar-refractivity contribution in [2.45, 2.75) is 6.04 Å². The quantitative estimate of drug-likeness (QED) is 0.442. The van der Waals surface area contributed by atoms with Crippen molar-refractivity contribution in [3.05, 3.63) is 77.4 Å². The third-order valence-corrected chi connectivity index (χ3v) is 4.26. The molecule has 0 bridgehead atoms. The van der Waals surface area contributed by atoms with Crippen LogP contribution >= 0.6 is 15.9 Å². The number of carbonyl (C=O) groups excluding carboxylic acids is 2. The van der Waals surface area contributed by atoms with E-state index in [4.69, 9.17) is 0 Å². The van der Waals surface area contributed by atoms with Gasteiger partial charge in [0, 0.05) is 17.7 Å². The van der Waals surface area contributed by atoms with E-state index in [1.165, 1.54) is 0 Å². The fourth-order valence-corrected chi connectivity index (χ4v) is 2.44. The number of halogens is 1. The molecule has 0 fully saturated rings. The number of carboxylic acid groups (broad SMARTS) is 1. The van der Waals surface area contributed by atoms with Gasteiger partial charge in [-0.3, -0.25) is 9.59 Å². The first kappa shape index (κ1) is 21.9. The maximum atomic E-state index is 12.3. The Bertz CT molecular complexity index is 944. The Balaban J connectivity index is 1.95. The summed E-state index contributed by atoms with van der Waals surface area (Å²) in [5.74, 6) is 3.74. The highest BCUT2D eigenvalue weighted by Gasteiger charge is 2.21. The number of carboxylic acids is 1. The van der Waals surface area contributed by atoms with E-state index in [1.54, 1.807) is 30.3 Å². The van der Waals surface area contributed by atoms with Crippen molar-refractivity contribution < 1.29 is 19.5 Å². The number of hydrogen-bond donors (Lipinski definition) is 3. The van der Waals surface area contributed by atoms with E-state index in [0.29, 0.717) is 5.56 Å². The molecule has 2 rings (SSSR count).